The molecule has 0 radical (unpaired) electrons. The van der Waals surface area contributed by atoms with Gasteiger partial charge in [0.25, 0.3) is 5.91 Å². The van der Waals surface area contributed by atoms with E-state index in [1.807, 2.05) is 36.4 Å². The SMILES string of the molecule is O=C(NC1CN2CCC1CC2)c1ccc(Sc2ccc(Cl)s2)cc1. The summed E-state index contributed by atoms with van der Waals surface area (Å²) in [7, 11) is 0. The number of benzene rings is 1. The minimum absolute atomic E-state index is 0.0458. The molecular formula is C18H19ClN2OS2. The van der Waals surface area contributed by atoms with Crippen molar-refractivity contribution in [2.75, 3.05) is 19.6 Å². The normalized spacial score (nSPS) is 25.6. The van der Waals surface area contributed by atoms with Crippen LogP contribution in [0.2, 0.25) is 4.34 Å². The molecule has 1 aromatic carbocycles. The third-order valence-corrected chi connectivity index (χ3v) is 7.23. The Morgan fingerprint density at radius 3 is 2.50 bits per heavy atom. The molecule has 2 bridgehead atoms. The fraction of sp³-hybridized carbons (Fsp3) is 0.389. The summed E-state index contributed by atoms with van der Waals surface area (Å²) in [6.45, 7) is 3.38. The maximum absolute atomic E-state index is 12.5. The Kier molecular flexibility index (Phi) is 4.86. The fourth-order valence-corrected chi connectivity index (χ4v) is 5.80. The van der Waals surface area contributed by atoms with Gasteiger partial charge >= 0.3 is 0 Å². The first kappa shape index (κ1) is 16.5. The van der Waals surface area contributed by atoms with E-state index in [0.29, 0.717) is 12.0 Å². The number of hydrogen-bond acceptors (Lipinski definition) is 4. The Morgan fingerprint density at radius 2 is 1.92 bits per heavy atom. The van der Waals surface area contributed by atoms with E-state index in [4.69, 9.17) is 11.6 Å². The zero-order chi connectivity index (χ0) is 16.5. The largest absolute Gasteiger partial charge is 0.348 e. The van der Waals surface area contributed by atoms with Crippen LogP contribution in [0.15, 0.2) is 45.5 Å². The number of carbonyl (C=O) groups is 1. The Labute approximate surface area is 155 Å². The van der Waals surface area contributed by atoms with Crippen LogP contribution in [0.1, 0.15) is 23.2 Å². The fourth-order valence-electron chi connectivity index (χ4n) is 3.52. The van der Waals surface area contributed by atoms with Gasteiger partial charge in [0.2, 0.25) is 0 Å². The van der Waals surface area contributed by atoms with Crippen molar-refractivity contribution in [1.29, 1.82) is 0 Å². The van der Waals surface area contributed by atoms with Crippen LogP contribution in [0.4, 0.5) is 0 Å². The van der Waals surface area contributed by atoms with Crippen molar-refractivity contribution in [2.45, 2.75) is 28.0 Å². The van der Waals surface area contributed by atoms with Crippen LogP contribution in [-0.2, 0) is 0 Å². The lowest BCUT2D eigenvalue weighted by molar-refractivity contribution is 0.0620. The van der Waals surface area contributed by atoms with Crippen LogP contribution in [0.5, 0.6) is 0 Å². The first-order chi connectivity index (χ1) is 11.7. The van der Waals surface area contributed by atoms with Crippen LogP contribution >= 0.6 is 34.7 Å². The highest BCUT2D eigenvalue weighted by Crippen LogP contribution is 2.35. The van der Waals surface area contributed by atoms with E-state index < -0.39 is 0 Å². The highest BCUT2D eigenvalue weighted by molar-refractivity contribution is 8.01. The maximum Gasteiger partial charge on any atom is 0.251 e. The molecule has 1 aromatic heterocycles. The van der Waals surface area contributed by atoms with Crippen LogP contribution in [0.3, 0.4) is 0 Å². The molecule has 3 fully saturated rings. The topological polar surface area (TPSA) is 32.3 Å². The van der Waals surface area contributed by atoms with E-state index in [0.717, 1.165) is 25.5 Å². The molecule has 3 nitrogen and oxygen atoms in total. The molecule has 126 valence electrons. The zero-order valence-corrected chi connectivity index (χ0v) is 15.6. The number of hydrogen-bond donors (Lipinski definition) is 1. The predicted octanol–water partition coefficient (Wildman–Crippen LogP) is 4.38. The van der Waals surface area contributed by atoms with Gasteiger partial charge in [-0.25, -0.2) is 0 Å². The van der Waals surface area contributed by atoms with Gasteiger partial charge in [-0.1, -0.05) is 23.4 Å². The monoisotopic (exact) mass is 378 g/mol. The summed E-state index contributed by atoms with van der Waals surface area (Å²) in [5.41, 5.74) is 0.736. The zero-order valence-electron chi connectivity index (χ0n) is 13.2. The molecular weight excluding hydrogens is 360 g/mol. The number of halogens is 1. The molecule has 2 aromatic rings. The second-order valence-corrected chi connectivity index (χ2v) is 9.49. The molecule has 1 N–H and O–H groups in total. The van der Waals surface area contributed by atoms with Crippen LogP contribution in [-0.4, -0.2) is 36.5 Å². The molecule has 3 aliphatic rings. The number of rotatable bonds is 4. The van der Waals surface area contributed by atoms with E-state index in [-0.39, 0.29) is 5.91 Å². The van der Waals surface area contributed by atoms with Gasteiger partial charge in [0.1, 0.15) is 0 Å². The number of piperidine rings is 3. The van der Waals surface area contributed by atoms with Gasteiger partial charge in [-0.15, -0.1) is 11.3 Å². The Morgan fingerprint density at radius 1 is 1.17 bits per heavy atom. The molecule has 4 heterocycles. The summed E-state index contributed by atoms with van der Waals surface area (Å²) in [5.74, 6) is 0.696. The third-order valence-electron chi connectivity index (χ3n) is 4.86. The van der Waals surface area contributed by atoms with E-state index in [1.54, 1.807) is 23.1 Å². The smallest absolute Gasteiger partial charge is 0.251 e. The van der Waals surface area contributed by atoms with Gasteiger partial charge < -0.3 is 10.2 Å². The highest BCUT2D eigenvalue weighted by atomic mass is 35.5. The van der Waals surface area contributed by atoms with Crippen LogP contribution in [0.25, 0.3) is 0 Å². The molecule has 3 aliphatic heterocycles. The first-order valence-electron chi connectivity index (χ1n) is 8.24. The van der Waals surface area contributed by atoms with Crippen LogP contribution < -0.4 is 5.32 Å². The Hall–Kier alpha value is -1.01. The van der Waals surface area contributed by atoms with E-state index in [2.05, 4.69) is 10.2 Å². The molecule has 0 saturated carbocycles. The van der Waals surface area contributed by atoms with Gasteiger partial charge in [0, 0.05) is 23.0 Å². The third kappa shape index (κ3) is 3.64. The van der Waals surface area contributed by atoms with Crippen molar-refractivity contribution in [2.24, 2.45) is 5.92 Å². The number of carbonyl (C=O) groups excluding carboxylic acids is 1. The lowest BCUT2D eigenvalue weighted by Crippen LogP contribution is -2.57. The minimum Gasteiger partial charge on any atom is -0.348 e. The molecule has 3 saturated heterocycles. The summed E-state index contributed by atoms with van der Waals surface area (Å²) in [5, 5.41) is 3.24. The molecule has 1 amide bonds. The van der Waals surface area contributed by atoms with Crippen molar-refractivity contribution in [1.82, 2.24) is 10.2 Å². The molecule has 5 rings (SSSR count). The van der Waals surface area contributed by atoms with E-state index >= 15 is 0 Å². The van der Waals surface area contributed by atoms with Gasteiger partial charge in [0.15, 0.2) is 0 Å². The van der Waals surface area contributed by atoms with Gasteiger partial charge in [-0.2, -0.15) is 0 Å². The summed E-state index contributed by atoms with van der Waals surface area (Å²) in [4.78, 5) is 16.1. The summed E-state index contributed by atoms with van der Waals surface area (Å²) in [6, 6.07) is 12.1. The lowest BCUT2D eigenvalue weighted by atomic mass is 9.84. The van der Waals surface area contributed by atoms with Crippen molar-refractivity contribution >= 4 is 40.6 Å². The summed E-state index contributed by atoms with van der Waals surface area (Å²) in [6.07, 6.45) is 2.42. The number of nitrogens with one attached hydrogen (secondary N) is 1. The Bertz CT molecular complexity index is 723. The maximum atomic E-state index is 12.5. The molecule has 1 atom stereocenters. The summed E-state index contributed by atoms with van der Waals surface area (Å²) < 4.78 is 1.95. The summed E-state index contributed by atoms with van der Waals surface area (Å²) >= 11 is 9.20. The van der Waals surface area contributed by atoms with Gasteiger partial charge in [-0.05, 0) is 68.2 Å². The molecule has 0 spiro atoms. The molecule has 6 heteroatoms. The molecule has 1 unspecified atom stereocenters. The first-order valence-corrected chi connectivity index (χ1v) is 10.2. The quantitative estimate of drug-likeness (QED) is 0.857. The van der Waals surface area contributed by atoms with E-state index in [1.165, 1.54) is 25.9 Å². The van der Waals surface area contributed by atoms with Crippen LogP contribution in [0, 0.1) is 5.92 Å². The molecule has 0 aliphatic carbocycles. The average molecular weight is 379 g/mol. The average Bonchev–Trinajstić information content (AvgIpc) is 3.01. The second-order valence-electron chi connectivity index (χ2n) is 6.40. The lowest BCUT2D eigenvalue weighted by Gasteiger charge is -2.44. The van der Waals surface area contributed by atoms with Crippen molar-refractivity contribution in [3.8, 4) is 0 Å². The number of nitrogens with zero attached hydrogens (tertiary/aromatic N) is 1. The standard InChI is InChI=1S/C18H19ClN2OS2/c19-16-5-6-17(24-16)23-14-3-1-13(2-4-14)18(22)20-15-11-21-9-7-12(15)8-10-21/h1-6,12,15H,7-11H2,(H,20,22). The predicted molar refractivity (Wildman–Crippen MR) is 100 cm³/mol. The molecule has 24 heavy (non-hydrogen) atoms. The van der Waals surface area contributed by atoms with Crippen molar-refractivity contribution in [3.63, 3.8) is 0 Å². The van der Waals surface area contributed by atoms with Crippen molar-refractivity contribution < 1.29 is 4.79 Å². The number of amides is 1. The van der Waals surface area contributed by atoms with Gasteiger partial charge in [-0.3, -0.25) is 4.79 Å². The minimum atomic E-state index is 0.0458. The van der Waals surface area contributed by atoms with Crippen molar-refractivity contribution in [3.05, 3.63) is 46.3 Å². The Balaban J connectivity index is 1.38. The number of thiophene rings is 1. The highest BCUT2D eigenvalue weighted by Gasteiger charge is 2.34. The van der Waals surface area contributed by atoms with Gasteiger partial charge in [0.05, 0.1) is 8.55 Å². The van der Waals surface area contributed by atoms with E-state index in [9.17, 15) is 4.79 Å². The second kappa shape index (κ2) is 7.08. The number of fused-ring (bicyclic) bond motifs is 3.